The molecule has 2 aromatic rings. The third kappa shape index (κ3) is 5.27. The number of aryl methyl sites for hydroxylation is 4. The molecule has 0 amide bonds. The van der Waals surface area contributed by atoms with Gasteiger partial charge in [0.05, 0.1) is 0 Å². The number of rotatable bonds is 10. The first-order chi connectivity index (χ1) is 13.4. The van der Waals surface area contributed by atoms with E-state index < -0.39 is 0 Å². The van der Waals surface area contributed by atoms with Gasteiger partial charge < -0.3 is 20.4 Å². The minimum atomic E-state index is -0.106. The van der Waals surface area contributed by atoms with E-state index in [9.17, 15) is 10.2 Å². The molecule has 0 aliphatic carbocycles. The van der Waals surface area contributed by atoms with Crippen LogP contribution in [0.4, 0.5) is 0 Å². The Morgan fingerprint density at radius 3 is 1.54 bits per heavy atom. The summed E-state index contributed by atoms with van der Waals surface area (Å²) in [5.41, 5.74) is 5.49. The van der Waals surface area contributed by atoms with Crippen LogP contribution in [-0.4, -0.2) is 33.6 Å². The number of phenolic OH excluding ortho intramolecular Hbond substituents is 2. The summed E-state index contributed by atoms with van der Waals surface area (Å²) in [5, 5.41) is 39.9. The van der Waals surface area contributed by atoms with Crippen LogP contribution in [0.3, 0.4) is 0 Å². The van der Waals surface area contributed by atoms with Crippen LogP contribution in [0.5, 0.6) is 11.5 Å². The van der Waals surface area contributed by atoms with Crippen molar-refractivity contribution in [2.75, 3.05) is 13.2 Å². The summed E-state index contributed by atoms with van der Waals surface area (Å²) in [4.78, 5) is 0. The van der Waals surface area contributed by atoms with E-state index in [0.29, 0.717) is 12.8 Å². The number of hydrogen-bond acceptors (Lipinski definition) is 4. The third-order valence-corrected chi connectivity index (χ3v) is 5.35. The standard InChI is InChI=1S/C24H34O4/c1-4-7-20(21-14-18(8-5-10-25)12-16(2)23(21)27)22-15-19(9-6-11-26)13-17(3)24(22)28/h12-15,20,25-28H,4-11H2,1-3H3. The molecule has 4 N–H and O–H groups in total. The summed E-state index contributed by atoms with van der Waals surface area (Å²) >= 11 is 0. The Labute approximate surface area is 168 Å². The molecule has 0 aliphatic heterocycles. The van der Waals surface area contributed by atoms with Crippen molar-refractivity contribution in [3.05, 3.63) is 57.6 Å². The first kappa shape index (κ1) is 22.3. The zero-order valence-corrected chi connectivity index (χ0v) is 17.3. The molecular weight excluding hydrogens is 352 g/mol. The Balaban J connectivity index is 2.56. The SMILES string of the molecule is CCCC(c1cc(CCCO)cc(C)c1O)c1cc(CCCO)cc(C)c1O. The van der Waals surface area contributed by atoms with Gasteiger partial charge in [0, 0.05) is 30.3 Å². The topological polar surface area (TPSA) is 80.9 Å². The highest BCUT2D eigenvalue weighted by atomic mass is 16.3. The van der Waals surface area contributed by atoms with Gasteiger partial charge in [-0.25, -0.2) is 0 Å². The van der Waals surface area contributed by atoms with Gasteiger partial charge in [0.15, 0.2) is 0 Å². The van der Waals surface area contributed by atoms with Crippen molar-refractivity contribution < 1.29 is 20.4 Å². The first-order valence-corrected chi connectivity index (χ1v) is 10.3. The summed E-state index contributed by atoms with van der Waals surface area (Å²) in [6.45, 7) is 6.17. The fourth-order valence-electron chi connectivity index (χ4n) is 3.92. The molecule has 0 aromatic heterocycles. The second-order valence-electron chi connectivity index (χ2n) is 7.70. The molecule has 154 valence electrons. The largest absolute Gasteiger partial charge is 0.507 e. The summed E-state index contributed by atoms with van der Waals surface area (Å²) < 4.78 is 0. The molecule has 2 rings (SSSR count). The number of hydrogen-bond donors (Lipinski definition) is 4. The van der Waals surface area contributed by atoms with E-state index in [4.69, 9.17) is 10.2 Å². The van der Waals surface area contributed by atoms with Crippen LogP contribution in [0.15, 0.2) is 24.3 Å². The summed E-state index contributed by atoms with van der Waals surface area (Å²) in [6.07, 6.45) is 4.61. The maximum absolute atomic E-state index is 10.8. The zero-order valence-electron chi connectivity index (χ0n) is 17.3. The van der Waals surface area contributed by atoms with Crippen LogP contribution < -0.4 is 0 Å². The molecule has 28 heavy (non-hydrogen) atoms. The van der Waals surface area contributed by atoms with E-state index in [1.54, 1.807) is 0 Å². The maximum Gasteiger partial charge on any atom is 0.122 e. The second-order valence-corrected chi connectivity index (χ2v) is 7.70. The number of aliphatic hydroxyl groups excluding tert-OH is 2. The van der Waals surface area contributed by atoms with Crippen molar-refractivity contribution >= 4 is 0 Å². The van der Waals surface area contributed by atoms with Gasteiger partial charge in [-0.3, -0.25) is 0 Å². The van der Waals surface area contributed by atoms with Crippen LogP contribution in [0.2, 0.25) is 0 Å². The Kier molecular flexibility index (Phi) is 8.34. The van der Waals surface area contributed by atoms with Crippen LogP contribution in [0.25, 0.3) is 0 Å². The zero-order chi connectivity index (χ0) is 20.7. The van der Waals surface area contributed by atoms with Gasteiger partial charge in [0.25, 0.3) is 0 Å². The van der Waals surface area contributed by atoms with E-state index >= 15 is 0 Å². The van der Waals surface area contributed by atoms with Crippen LogP contribution in [0.1, 0.15) is 71.9 Å². The van der Waals surface area contributed by atoms with Crippen LogP contribution in [-0.2, 0) is 12.8 Å². The Hall–Kier alpha value is -2.04. The monoisotopic (exact) mass is 386 g/mol. The molecule has 0 saturated carbocycles. The highest BCUT2D eigenvalue weighted by molar-refractivity contribution is 5.53. The highest BCUT2D eigenvalue weighted by Crippen LogP contribution is 2.42. The minimum Gasteiger partial charge on any atom is -0.507 e. The van der Waals surface area contributed by atoms with E-state index in [-0.39, 0.29) is 30.6 Å². The molecule has 0 radical (unpaired) electrons. The lowest BCUT2D eigenvalue weighted by molar-refractivity contribution is 0.288. The molecule has 0 aliphatic rings. The Bertz CT molecular complexity index is 719. The smallest absolute Gasteiger partial charge is 0.122 e. The number of aliphatic hydroxyl groups is 2. The van der Waals surface area contributed by atoms with Gasteiger partial charge in [0.1, 0.15) is 11.5 Å². The number of aromatic hydroxyl groups is 2. The van der Waals surface area contributed by atoms with Crippen molar-refractivity contribution in [1.29, 1.82) is 0 Å². The Morgan fingerprint density at radius 1 is 0.750 bits per heavy atom. The van der Waals surface area contributed by atoms with E-state index in [0.717, 1.165) is 59.1 Å². The fraction of sp³-hybridized carbons (Fsp3) is 0.500. The fourth-order valence-corrected chi connectivity index (χ4v) is 3.92. The Morgan fingerprint density at radius 2 is 1.18 bits per heavy atom. The van der Waals surface area contributed by atoms with Crippen molar-refractivity contribution in [1.82, 2.24) is 0 Å². The molecular formula is C24H34O4. The number of benzene rings is 2. The van der Waals surface area contributed by atoms with Crippen LogP contribution in [0, 0.1) is 13.8 Å². The molecule has 0 unspecified atom stereocenters. The normalized spacial score (nSPS) is 11.4. The number of phenols is 2. The molecule has 0 atom stereocenters. The minimum absolute atomic E-state index is 0.106. The van der Waals surface area contributed by atoms with Crippen molar-refractivity contribution in [3.63, 3.8) is 0 Å². The van der Waals surface area contributed by atoms with Gasteiger partial charge in [-0.1, -0.05) is 37.6 Å². The molecule has 0 saturated heterocycles. The highest BCUT2D eigenvalue weighted by Gasteiger charge is 2.23. The molecule has 0 fully saturated rings. The van der Waals surface area contributed by atoms with Gasteiger partial charge >= 0.3 is 0 Å². The summed E-state index contributed by atoms with van der Waals surface area (Å²) in [7, 11) is 0. The van der Waals surface area contributed by atoms with E-state index in [1.807, 2.05) is 38.1 Å². The predicted octanol–water partition coefficient (Wildman–Crippen LogP) is 4.50. The molecule has 2 aromatic carbocycles. The average molecular weight is 387 g/mol. The first-order valence-electron chi connectivity index (χ1n) is 10.3. The molecule has 0 heterocycles. The van der Waals surface area contributed by atoms with Gasteiger partial charge in [-0.05, 0) is 68.2 Å². The average Bonchev–Trinajstić information content (AvgIpc) is 2.68. The van der Waals surface area contributed by atoms with E-state index in [1.165, 1.54) is 0 Å². The molecule has 4 nitrogen and oxygen atoms in total. The lowest BCUT2D eigenvalue weighted by Crippen LogP contribution is -2.06. The lowest BCUT2D eigenvalue weighted by Gasteiger charge is -2.23. The van der Waals surface area contributed by atoms with Crippen LogP contribution >= 0.6 is 0 Å². The van der Waals surface area contributed by atoms with Gasteiger partial charge in [-0.15, -0.1) is 0 Å². The predicted molar refractivity (Wildman–Crippen MR) is 113 cm³/mol. The second kappa shape index (κ2) is 10.5. The molecule has 0 spiro atoms. The maximum atomic E-state index is 10.8. The molecule has 0 bridgehead atoms. The van der Waals surface area contributed by atoms with Crippen molar-refractivity contribution in [2.45, 2.75) is 65.2 Å². The molecule has 4 heteroatoms. The third-order valence-electron chi connectivity index (χ3n) is 5.35. The summed E-state index contributed by atoms with van der Waals surface area (Å²) in [5.74, 6) is 0.457. The summed E-state index contributed by atoms with van der Waals surface area (Å²) in [6, 6.07) is 7.99. The van der Waals surface area contributed by atoms with Crippen molar-refractivity contribution in [2.24, 2.45) is 0 Å². The van der Waals surface area contributed by atoms with Gasteiger partial charge in [-0.2, -0.15) is 0 Å². The van der Waals surface area contributed by atoms with Gasteiger partial charge in [0.2, 0.25) is 0 Å². The van der Waals surface area contributed by atoms with E-state index in [2.05, 4.69) is 6.92 Å². The van der Waals surface area contributed by atoms with Crippen molar-refractivity contribution in [3.8, 4) is 11.5 Å². The quantitative estimate of drug-likeness (QED) is 0.485. The lowest BCUT2D eigenvalue weighted by atomic mass is 9.82.